The Kier molecular flexibility index (Phi) is 3.28. The summed E-state index contributed by atoms with van der Waals surface area (Å²) in [6.45, 7) is 0.718. The lowest BCUT2D eigenvalue weighted by Crippen LogP contribution is -2.14. The highest BCUT2D eigenvalue weighted by Gasteiger charge is 2.21. The highest BCUT2D eigenvalue weighted by Crippen LogP contribution is 2.32. The topological polar surface area (TPSA) is 37.8 Å². The summed E-state index contributed by atoms with van der Waals surface area (Å²) in [5.74, 6) is -0.429. The van der Waals surface area contributed by atoms with Gasteiger partial charge in [-0.3, -0.25) is 0 Å². The van der Waals surface area contributed by atoms with Crippen LogP contribution >= 0.6 is 22.9 Å². The van der Waals surface area contributed by atoms with Gasteiger partial charge in [0.15, 0.2) is 0 Å². The number of halogens is 2. The van der Waals surface area contributed by atoms with Gasteiger partial charge >= 0.3 is 0 Å². The molecule has 1 fully saturated rings. The van der Waals surface area contributed by atoms with Gasteiger partial charge in [-0.25, -0.2) is 4.39 Å². The highest BCUT2D eigenvalue weighted by atomic mass is 35.5. The second-order valence-electron chi connectivity index (χ2n) is 4.26. The summed E-state index contributed by atoms with van der Waals surface area (Å²) in [7, 11) is 0. The molecule has 18 heavy (non-hydrogen) atoms. The van der Waals surface area contributed by atoms with Crippen molar-refractivity contribution in [1.29, 1.82) is 0 Å². The summed E-state index contributed by atoms with van der Waals surface area (Å²) < 4.78 is 13.3. The van der Waals surface area contributed by atoms with E-state index in [9.17, 15) is 4.39 Å². The predicted octanol–water partition coefficient (Wildman–Crippen LogP) is 3.25. The molecule has 1 N–H and O–H groups in total. The summed E-state index contributed by atoms with van der Waals surface area (Å²) >= 11 is 7.37. The average Bonchev–Trinajstić information content (AvgIpc) is 3.08. The van der Waals surface area contributed by atoms with E-state index in [0.29, 0.717) is 16.6 Å². The standard InChI is InChI=1S/C12H11ClFN3S/c13-11-8(2-1-3-9(11)14)12-17-16-10(18-12)6-15-7-4-5-7/h1-3,7,15H,4-6H2. The Morgan fingerprint density at radius 2 is 2.22 bits per heavy atom. The minimum Gasteiger partial charge on any atom is -0.308 e. The maximum Gasteiger partial charge on any atom is 0.149 e. The molecule has 6 heteroatoms. The normalized spacial score (nSPS) is 15.0. The van der Waals surface area contributed by atoms with E-state index in [0.717, 1.165) is 11.6 Å². The van der Waals surface area contributed by atoms with E-state index in [1.54, 1.807) is 12.1 Å². The molecule has 0 aliphatic heterocycles. The fraction of sp³-hybridized carbons (Fsp3) is 0.333. The number of nitrogens with one attached hydrogen (secondary N) is 1. The van der Waals surface area contributed by atoms with Gasteiger partial charge in [-0.15, -0.1) is 10.2 Å². The molecule has 0 spiro atoms. The molecular weight excluding hydrogens is 273 g/mol. The Bertz CT molecular complexity index is 568. The van der Waals surface area contributed by atoms with Gasteiger partial charge in [0.2, 0.25) is 0 Å². The van der Waals surface area contributed by atoms with Crippen molar-refractivity contribution in [1.82, 2.24) is 15.5 Å². The van der Waals surface area contributed by atoms with Crippen LogP contribution in [0, 0.1) is 5.82 Å². The Morgan fingerprint density at radius 3 is 3.00 bits per heavy atom. The molecule has 1 heterocycles. The third-order valence-corrected chi connectivity index (χ3v) is 4.11. The van der Waals surface area contributed by atoms with Crippen molar-refractivity contribution in [3.05, 3.63) is 34.0 Å². The summed E-state index contributed by atoms with van der Waals surface area (Å²) in [6.07, 6.45) is 2.47. The maximum absolute atomic E-state index is 13.3. The van der Waals surface area contributed by atoms with Gasteiger partial charge in [0.1, 0.15) is 15.8 Å². The first kappa shape index (κ1) is 12.0. The number of benzene rings is 1. The van der Waals surface area contributed by atoms with Crippen molar-refractivity contribution in [2.45, 2.75) is 25.4 Å². The van der Waals surface area contributed by atoms with Crippen LogP contribution in [0.5, 0.6) is 0 Å². The lowest BCUT2D eigenvalue weighted by Gasteiger charge is -1.99. The molecule has 1 aromatic carbocycles. The van der Waals surface area contributed by atoms with E-state index < -0.39 is 5.82 Å². The summed E-state index contributed by atoms with van der Waals surface area (Å²) in [4.78, 5) is 0. The number of nitrogens with zero attached hydrogens (tertiary/aromatic N) is 2. The summed E-state index contributed by atoms with van der Waals surface area (Å²) in [5.41, 5.74) is 0.604. The molecule has 3 rings (SSSR count). The van der Waals surface area contributed by atoms with Crippen LogP contribution in [-0.4, -0.2) is 16.2 Å². The zero-order valence-electron chi connectivity index (χ0n) is 9.49. The molecule has 2 aromatic rings. The highest BCUT2D eigenvalue weighted by molar-refractivity contribution is 7.14. The first-order chi connectivity index (χ1) is 8.74. The van der Waals surface area contributed by atoms with Gasteiger partial charge in [0.05, 0.1) is 5.02 Å². The van der Waals surface area contributed by atoms with Crippen LogP contribution in [0.3, 0.4) is 0 Å². The quantitative estimate of drug-likeness (QED) is 0.936. The molecule has 1 aromatic heterocycles. The molecule has 0 amide bonds. The second kappa shape index (κ2) is 4.91. The fourth-order valence-electron chi connectivity index (χ4n) is 1.62. The third kappa shape index (κ3) is 2.53. The van der Waals surface area contributed by atoms with Crippen LogP contribution in [-0.2, 0) is 6.54 Å². The van der Waals surface area contributed by atoms with Crippen LogP contribution in [0.1, 0.15) is 17.8 Å². The van der Waals surface area contributed by atoms with Gasteiger partial charge in [-0.05, 0) is 18.9 Å². The van der Waals surface area contributed by atoms with Crippen molar-refractivity contribution in [2.75, 3.05) is 0 Å². The van der Waals surface area contributed by atoms with Crippen LogP contribution in [0.25, 0.3) is 10.6 Å². The number of hydrogen-bond donors (Lipinski definition) is 1. The van der Waals surface area contributed by atoms with Crippen LogP contribution in [0.15, 0.2) is 18.2 Å². The van der Waals surface area contributed by atoms with Crippen LogP contribution < -0.4 is 5.32 Å². The Balaban J connectivity index is 1.80. The van der Waals surface area contributed by atoms with Crippen molar-refractivity contribution >= 4 is 22.9 Å². The molecule has 0 radical (unpaired) electrons. The third-order valence-electron chi connectivity index (χ3n) is 2.77. The van der Waals surface area contributed by atoms with Crippen molar-refractivity contribution < 1.29 is 4.39 Å². The number of aromatic nitrogens is 2. The van der Waals surface area contributed by atoms with E-state index in [1.807, 2.05) is 0 Å². The molecule has 0 atom stereocenters. The van der Waals surface area contributed by atoms with Crippen LogP contribution in [0.4, 0.5) is 4.39 Å². The van der Waals surface area contributed by atoms with Crippen molar-refractivity contribution in [3.63, 3.8) is 0 Å². The van der Waals surface area contributed by atoms with E-state index >= 15 is 0 Å². The second-order valence-corrected chi connectivity index (χ2v) is 5.70. The number of rotatable bonds is 4. The number of hydrogen-bond acceptors (Lipinski definition) is 4. The van der Waals surface area contributed by atoms with Gasteiger partial charge in [0, 0.05) is 18.2 Å². The summed E-state index contributed by atoms with van der Waals surface area (Å²) in [5, 5.41) is 13.2. The fourth-order valence-corrected chi connectivity index (χ4v) is 2.72. The van der Waals surface area contributed by atoms with Crippen LogP contribution in [0.2, 0.25) is 5.02 Å². The first-order valence-electron chi connectivity index (χ1n) is 5.74. The maximum atomic E-state index is 13.3. The molecule has 0 saturated heterocycles. The van der Waals surface area contributed by atoms with Crippen molar-refractivity contribution in [3.8, 4) is 10.6 Å². The zero-order chi connectivity index (χ0) is 12.5. The lowest BCUT2D eigenvalue weighted by molar-refractivity contribution is 0.628. The van der Waals surface area contributed by atoms with Gasteiger partial charge < -0.3 is 5.32 Å². The summed E-state index contributed by atoms with van der Waals surface area (Å²) in [6, 6.07) is 5.35. The predicted molar refractivity (Wildman–Crippen MR) is 70.2 cm³/mol. The van der Waals surface area contributed by atoms with E-state index in [2.05, 4.69) is 15.5 Å². The van der Waals surface area contributed by atoms with E-state index in [-0.39, 0.29) is 5.02 Å². The SMILES string of the molecule is Fc1cccc(-c2nnc(CNC3CC3)s2)c1Cl. The Hall–Kier alpha value is -1.04. The zero-order valence-corrected chi connectivity index (χ0v) is 11.1. The monoisotopic (exact) mass is 283 g/mol. The van der Waals surface area contributed by atoms with Gasteiger partial charge in [-0.1, -0.05) is 35.1 Å². The molecule has 1 saturated carbocycles. The smallest absolute Gasteiger partial charge is 0.149 e. The molecule has 94 valence electrons. The molecule has 1 aliphatic carbocycles. The Morgan fingerprint density at radius 1 is 1.39 bits per heavy atom. The first-order valence-corrected chi connectivity index (χ1v) is 6.93. The Labute approximate surface area is 113 Å². The molecule has 3 nitrogen and oxygen atoms in total. The van der Waals surface area contributed by atoms with Gasteiger partial charge in [0.25, 0.3) is 0 Å². The van der Waals surface area contributed by atoms with Crippen molar-refractivity contribution in [2.24, 2.45) is 0 Å². The molecule has 0 bridgehead atoms. The molecule has 0 unspecified atom stereocenters. The molecular formula is C12H11ClFN3S. The minimum absolute atomic E-state index is 0.107. The van der Waals surface area contributed by atoms with E-state index in [1.165, 1.54) is 30.2 Å². The molecule has 1 aliphatic rings. The largest absolute Gasteiger partial charge is 0.308 e. The minimum atomic E-state index is -0.429. The van der Waals surface area contributed by atoms with Gasteiger partial charge in [-0.2, -0.15) is 0 Å². The van der Waals surface area contributed by atoms with E-state index in [4.69, 9.17) is 11.6 Å². The lowest BCUT2D eigenvalue weighted by atomic mass is 10.2. The average molecular weight is 284 g/mol.